The number of anilines is 2. The lowest BCUT2D eigenvalue weighted by Gasteiger charge is -2.37. The highest BCUT2D eigenvalue weighted by atomic mass is 32.2. The Hall–Kier alpha value is -2.13. The molecule has 2 fully saturated rings. The van der Waals surface area contributed by atoms with Crippen molar-refractivity contribution in [3.63, 3.8) is 0 Å². The van der Waals surface area contributed by atoms with E-state index in [2.05, 4.69) is 14.9 Å². The number of hydrogen-bond acceptors (Lipinski definition) is 5. The van der Waals surface area contributed by atoms with Crippen LogP contribution in [0.2, 0.25) is 0 Å². The number of hydrogen-bond donors (Lipinski definition) is 2. The van der Waals surface area contributed by atoms with Crippen LogP contribution < -0.4 is 10.0 Å². The van der Waals surface area contributed by atoms with Crippen molar-refractivity contribution in [2.75, 3.05) is 49.0 Å². The van der Waals surface area contributed by atoms with Gasteiger partial charge in [0.1, 0.15) is 0 Å². The van der Waals surface area contributed by atoms with Crippen LogP contribution in [0.1, 0.15) is 49.4 Å². The van der Waals surface area contributed by atoms with Gasteiger partial charge in [0.15, 0.2) is 0 Å². The van der Waals surface area contributed by atoms with Crippen LogP contribution in [-0.2, 0) is 14.8 Å². The average molecular weight is 437 g/mol. The van der Waals surface area contributed by atoms with Gasteiger partial charge >= 0.3 is 0 Å². The molecule has 0 aromatic heterocycles. The van der Waals surface area contributed by atoms with E-state index >= 15 is 0 Å². The molecule has 1 aliphatic heterocycles. The van der Waals surface area contributed by atoms with Crippen LogP contribution in [0.3, 0.4) is 0 Å². The third-order valence-electron chi connectivity index (χ3n) is 5.77. The van der Waals surface area contributed by atoms with Gasteiger partial charge in [-0.1, -0.05) is 19.3 Å². The molecule has 0 bridgehead atoms. The average Bonchev–Trinajstić information content (AvgIpc) is 2.68. The summed E-state index contributed by atoms with van der Waals surface area (Å²) < 4.78 is 25.9. The molecule has 2 N–H and O–H groups in total. The Kier molecular flexibility index (Phi) is 7.36. The highest BCUT2D eigenvalue weighted by molar-refractivity contribution is 7.92. The summed E-state index contributed by atoms with van der Waals surface area (Å²) in [6, 6.07) is 4.62. The van der Waals surface area contributed by atoms with Gasteiger partial charge in [-0.2, -0.15) is 0 Å². The molecule has 1 saturated carbocycles. The zero-order valence-corrected chi connectivity index (χ0v) is 18.6. The van der Waals surface area contributed by atoms with Gasteiger partial charge in [0, 0.05) is 45.3 Å². The normalized spacial score (nSPS) is 18.8. The molecule has 30 heavy (non-hydrogen) atoms. The SMILES string of the molecule is CC(=O)Nc1ccc(NS(C)(=O)=O)c(C(=O)N2CCN(CC3CCCCC3)CC2)c1. The summed E-state index contributed by atoms with van der Waals surface area (Å²) in [5, 5.41) is 2.65. The van der Waals surface area contributed by atoms with Crippen molar-refractivity contribution in [1.82, 2.24) is 9.80 Å². The van der Waals surface area contributed by atoms with E-state index in [1.54, 1.807) is 11.0 Å². The Morgan fingerprint density at radius 2 is 1.73 bits per heavy atom. The number of sulfonamides is 1. The number of carbonyl (C=O) groups is 2. The number of benzene rings is 1. The van der Waals surface area contributed by atoms with Crippen molar-refractivity contribution in [2.45, 2.75) is 39.0 Å². The van der Waals surface area contributed by atoms with Crippen molar-refractivity contribution in [3.05, 3.63) is 23.8 Å². The van der Waals surface area contributed by atoms with Crippen LogP contribution in [0.25, 0.3) is 0 Å². The van der Waals surface area contributed by atoms with Crippen molar-refractivity contribution in [1.29, 1.82) is 0 Å². The van der Waals surface area contributed by atoms with Gasteiger partial charge < -0.3 is 10.2 Å². The standard InChI is InChI=1S/C21H32N4O4S/c1-16(26)22-18-8-9-20(23-30(2,28)29)19(14-18)21(27)25-12-10-24(11-13-25)15-17-6-4-3-5-7-17/h8-9,14,17,23H,3-7,10-13,15H2,1-2H3,(H,22,26). The van der Waals surface area contributed by atoms with Crippen molar-refractivity contribution in [3.8, 4) is 0 Å². The fourth-order valence-corrected chi connectivity index (χ4v) is 4.91. The zero-order valence-electron chi connectivity index (χ0n) is 17.8. The number of nitrogens with one attached hydrogen (secondary N) is 2. The smallest absolute Gasteiger partial charge is 0.256 e. The molecule has 166 valence electrons. The summed E-state index contributed by atoms with van der Waals surface area (Å²) in [4.78, 5) is 28.8. The first-order chi connectivity index (χ1) is 14.2. The van der Waals surface area contributed by atoms with E-state index in [1.165, 1.54) is 51.2 Å². The quantitative estimate of drug-likeness (QED) is 0.713. The van der Waals surface area contributed by atoms with Gasteiger partial charge in [-0.25, -0.2) is 8.42 Å². The van der Waals surface area contributed by atoms with Gasteiger partial charge in [0.2, 0.25) is 15.9 Å². The fourth-order valence-electron chi connectivity index (χ4n) is 4.33. The molecule has 1 heterocycles. The van der Waals surface area contributed by atoms with E-state index in [9.17, 15) is 18.0 Å². The zero-order chi connectivity index (χ0) is 21.7. The van der Waals surface area contributed by atoms with E-state index in [1.807, 2.05) is 0 Å². The minimum Gasteiger partial charge on any atom is -0.336 e. The van der Waals surface area contributed by atoms with Crippen LogP contribution in [-0.4, -0.2) is 69.0 Å². The van der Waals surface area contributed by atoms with Gasteiger partial charge in [0.05, 0.1) is 17.5 Å². The minimum atomic E-state index is -3.54. The molecule has 2 aliphatic rings. The van der Waals surface area contributed by atoms with E-state index in [4.69, 9.17) is 0 Å². The molecular weight excluding hydrogens is 404 g/mol. The van der Waals surface area contributed by atoms with Gasteiger partial charge in [-0.3, -0.25) is 19.2 Å². The van der Waals surface area contributed by atoms with E-state index in [0.29, 0.717) is 18.8 Å². The first-order valence-electron chi connectivity index (χ1n) is 10.6. The maximum Gasteiger partial charge on any atom is 0.256 e. The lowest BCUT2D eigenvalue weighted by atomic mass is 9.89. The molecule has 8 nitrogen and oxygen atoms in total. The highest BCUT2D eigenvalue weighted by Crippen LogP contribution is 2.26. The maximum atomic E-state index is 13.2. The highest BCUT2D eigenvalue weighted by Gasteiger charge is 2.26. The topological polar surface area (TPSA) is 98.8 Å². The lowest BCUT2D eigenvalue weighted by Crippen LogP contribution is -2.50. The summed E-state index contributed by atoms with van der Waals surface area (Å²) in [7, 11) is -3.54. The molecule has 0 spiro atoms. The summed E-state index contributed by atoms with van der Waals surface area (Å²) in [5.41, 5.74) is 0.925. The van der Waals surface area contributed by atoms with E-state index in [-0.39, 0.29) is 23.1 Å². The van der Waals surface area contributed by atoms with Crippen LogP contribution in [0.5, 0.6) is 0 Å². The van der Waals surface area contributed by atoms with E-state index < -0.39 is 10.0 Å². The summed E-state index contributed by atoms with van der Waals surface area (Å²) in [5.74, 6) is 0.278. The molecule has 0 atom stereocenters. The number of nitrogens with zero attached hydrogens (tertiary/aromatic N) is 2. The summed E-state index contributed by atoms with van der Waals surface area (Å²) >= 11 is 0. The second-order valence-electron chi connectivity index (χ2n) is 8.41. The molecule has 3 rings (SSSR count). The molecule has 9 heteroatoms. The maximum absolute atomic E-state index is 13.2. The predicted octanol–water partition coefficient (Wildman–Crippen LogP) is 2.35. The monoisotopic (exact) mass is 436 g/mol. The van der Waals surface area contributed by atoms with Gasteiger partial charge in [-0.15, -0.1) is 0 Å². The Bertz CT molecular complexity index is 873. The number of amides is 2. The second-order valence-corrected chi connectivity index (χ2v) is 10.2. The van der Waals surface area contributed by atoms with Gasteiger partial charge in [0.25, 0.3) is 5.91 Å². The Labute approximate surface area is 179 Å². The Balaban J connectivity index is 1.69. The van der Waals surface area contributed by atoms with Crippen molar-refractivity contribution < 1.29 is 18.0 Å². The Morgan fingerprint density at radius 3 is 2.33 bits per heavy atom. The second kappa shape index (κ2) is 9.78. The third kappa shape index (κ3) is 6.43. The number of piperazine rings is 1. The number of carbonyl (C=O) groups excluding carboxylic acids is 2. The molecule has 0 unspecified atom stereocenters. The molecule has 1 aliphatic carbocycles. The minimum absolute atomic E-state index is 0.223. The Morgan fingerprint density at radius 1 is 1.07 bits per heavy atom. The largest absolute Gasteiger partial charge is 0.336 e. The van der Waals surface area contributed by atoms with Crippen LogP contribution in [0.4, 0.5) is 11.4 Å². The number of rotatable bonds is 6. The van der Waals surface area contributed by atoms with Crippen LogP contribution in [0, 0.1) is 5.92 Å². The predicted molar refractivity (Wildman–Crippen MR) is 118 cm³/mol. The van der Waals surface area contributed by atoms with Gasteiger partial charge in [-0.05, 0) is 37.0 Å². The van der Waals surface area contributed by atoms with Crippen molar-refractivity contribution in [2.24, 2.45) is 5.92 Å². The fraction of sp³-hybridized carbons (Fsp3) is 0.619. The third-order valence-corrected chi connectivity index (χ3v) is 6.36. The first-order valence-corrected chi connectivity index (χ1v) is 12.5. The lowest BCUT2D eigenvalue weighted by molar-refractivity contribution is -0.114. The first kappa shape index (κ1) is 22.6. The summed E-state index contributed by atoms with van der Waals surface area (Å²) in [6.07, 6.45) is 7.64. The van der Waals surface area contributed by atoms with Crippen molar-refractivity contribution >= 4 is 33.2 Å². The molecular formula is C21H32N4O4S. The van der Waals surface area contributed by atoms with Crippen LogP contribution >= 0.6 is 0 Å². The summed E-state index contributed by atoms with van der Waals surface area (Å²) in [6.45, 7) is 5.34. The molecule has 2 amide bonds. The molecule has 1 aromatic rings. The molecule has 0 radical (unpaired) electrons. The molecule has 1 saturated heterocycles. The van der Waals surface area contributed by atoms with E-state index in [0.717, 1.165) is 31.8 Å². The molecule has 1 aromatic carbocycles. The van der Waals surface area contributed by atoms with Crippen LogP contribution in [0.15, 0.2) is 18.2 Å².